The van der Waals surface area contributed by atoms with Gasteiger partial charge in [-0.2, -0.15) is 0 Å². The Morgan fingerprint density at radius 3 is 2.40 bits per heavy atom. The number of amides is 2. The van der Waals surface area contributed by atoms with Crippen molar-refractivity contribution in [3.05, 3.63) is 78.0 Å². The van der Waals surface area contributed by atoms with Crippen molar-refractivity contribution in [3.8, 4) is 11.5 Å². The molecular formula is C27H30N4O4. The van der Waals surface area contributed by atoms with Gasteiger partial charge in [0.2, 0.25) is 5.91 Å². The van der Waals surface area contributed by atoms with Crippen LogP contribution in [0.5, 0.6) is 11.5 Å². The highest BCUT2D eigenvalue weighted by Gasteiger charge is 2.26. The molecule has 8 nitrogen and oxygen atoms in total. The molecule has 4 rings (SSSR count). The second kappa shape index (κ2) is 11.4. The maximum absolute atomic E-state index is 12.8. The van der Waals surface area contributed by atoms with Gasteiger partial charge in [-0.05, 0) is 43.2 Å². The van der Waals surface area contributed by atoms with Crippen molar-refractivity contribution >= 4 is 23.3 Å². The monoisotopic (exact) mass is 474 g/mol. The van der Waals surface area contributed by atoms with Gasteiger partial charge in [0.15, 0.2) is 0 Å². The first-order valence-electron chi connectivity index (χ1n) is 11.6. The van der Waals surface area contributed by atoms with E-state index in [1.807, 2.05) is 36.4 Å². The summed E-state index contributed by atoms with van der Waals surface area (Å²) in [6.07, 6.45) is 3.08. The van der Waals surface area contributed by atoms with Crippen LogP contribution in [0.25, 0.3) is 0 Å². The highest BCUT2D eigenvalue weighted by Crippen LogP contribution is 2.26. The quantitative estimate of drug-likeness (QED) is 0.515. The van der Waals surface area contributed by atoms with Gasteiger partial charge in [-0.3, -0.25) is 9.59 Å². The van der Waals surface area contributed by atoms with Gasteiger partial charge in [0.1, 0.15) is 17.3 Å². The van der Waals surface area contributed by atoms with Crippen LogP contribution in [0.4, 0.5) is 11.5 Å². The van der Waals surface area contributed by atoms with Crippen LogP contribution < -0.4 is 25.0 Å². The Hall–Kier alpha value is -4.07. The van der Waals surface area contributed by atoms with Crippen LogP contribution in [0.15, 0.2) is 66.9 Å². The van der Waals surface area contributed by atoms with Crippen molar-refractivity contribution in [3.63, 3.8) is 0 Å². The number of nitrogens with one attached hydrogen (secondary N) is 2. The average molecular weight is 475 g/mol. The first-order chi connectivity index (χ1) is 17.1. The van der Waals surface area contributed by atoms with Gasteiger partial charge >= 0.3 is 0 Å². The number of anilines is 2. The fraction of sp³-hybridized carbons (Fsp3) is 0.296. The molecular weight excluding hydrogens is 444 g/mol. The zero-order valence-corrected chi connectivity index (χ0v) is 20.0. The maximum Gasteiger partial charge on any atom is 0.255 e. The topological polar surface area (TPSA) is 92.8 Å². The molecule has 2 aromatic carbocycles. The number of hydrogen-bond acceptors (Lipinski definition) is 6. The summed E-state index contributed by atoms with van der Waals surface area (Å²) < 4.78 is 10.7. The normalized spacial score (nSPS) is 13.7. The average Bonchev–Trinajstić information content (AvgIpc) is 2.92. The van der Waals surface area contributed by atoms with E-state index in [2.05, 4.69) is 20.5 Å². The van der Waals surface area contributed by atoms with Crippen LogP contribution >= 0.6 is 0 Å². The van der Waals surface area contributed by atoms with Crippen molar-refractivity contribution in [1.82, 2.24) is 10.3 Å². The summed E-state index contributed by atoms with van der Waals surface area (Å²) in [5.74, 6) is 1.85. The standard InChI is InChI=1S/C27H30N4O4/c1-34-23-9-5-3-7-21(23)18-29-26(32)19-12-15-31(16-13-19)25-17-20(11-14-28-25)27(33)30-22-8-4-6-10-24(22)35-2/h3-11,14,17,19H,12-13,15-16,18H2,1-2H3,(H,29,32)(H,30,33). The van der Waals surface area contributed by atoms with E-state index in [-0.39, 0.29) is 17.7 Å². The molecule has 1 aliphatic heterocycles. The molecule has 2 amide bonds. The summed E-state index contributed by atoms with van der Waals surface area (Å²) in [4.78, 5) is 32.1. The van der Waals surface area contributed by atoms with Gasteiger partial charge in [0, 0.05) is 42.9 Å². The number of rotatable bonds is 8. The Labute approximate surface area is 205 Å². The number of carbonyl (C=O) groups is 2. The van der Waals surface area contributed by atoms with Crippen LogP contribution in [0, 0.1) is 5.92 Å². The molecule has 0 saturated carbocycles. The number of aromatic nitrogens is 1. The van der Waals surface area contributed by atoms with E-state index >= 15 is 0 Å². The van der Waals surface area contributed by atoms with Crippen molar-refractivity contribution in [2.45, 2.75) is 19.4 Å². The predicted octanol–water partition coefficient (Wildman–Crippen LogP) is 3.88. The number of methoxy groups -OCH3 is 2. The van der Waals surface area contributed by atoms with Crippen molar-refractivity contribution in [1.29, 1.82) is 0 Å². The largest absolute Gasteiger partial charge is 0.496 e. The van der Waals surface area contributed by atoms with Crippen LogP contribution in [0.3, 0.4) is 0 Å². The van der Waals surface area contributed by atoms with Gasteiger partial charge in [0.25, 0.3) is 5.91 Å². The summed E-state index contributed by atoms with van der Waals surface area (Å²) in [6, 6.07) is 18.4. The molecule has 0 bridgehead atoms. The lowest BCUT2D eigenvalue weighted by atomic mass is 9.95. The molecule has 35 heavy (non-hydrogen) atoms. The first kappa shape index (κ1) is 24.1. The van der Waals surface area contributed by atoms with Gasteiger partial charge in [-0.25, -0.2) is 4.98 Å². The lowest BCUT2D eigenvalue weighted by Gasteiger charge is -2.32. The minimum absolute atomic E-state index is 0.0495. The molecule has 1 saturated heterocycles. The Balaban J connectivity index is 1.32. The van der Waals surface area contributed by atoms with E-state index in [4.69, 9.17) is 9.47 Å². The van der Waals surface area contributed by atoms with Crippen LogP contribution in [0.1, 0.15) is 28.8 Å². The Morgan fingerprint density at radius 1 is 0.971 bits per heavy atom. The van der Waals surface area contributed by atoms with Gasteiger partial charge in [0.05, 0.1) is 19.9 Å². The fourth-order valence-corrected chi connectivity index (χ4v) is 4.22. The van der Waals surface area contributed by atoms with Crippen molar-refractivity contribution in [2.75, 3.05) is 37.5 Å². The fourth-order valence-electron chi connectivity index (χ4n) is 4.22. The molecule has 8 heteroatoms. The van der Waals surface area contributed by atoms with E-state index < -0.39 is 0 Å². The van der Waals surface area contributed by atoms with Crippen molar-refractivity contribution < 1.29 is 19.1 Å². The third-order valence-electron chi connectivity index (χ3n) is 6.20. The number of para-hydroxylation sites is 3. The highest BCUT2D eigenvalue weighted by molar-refractivity contribution is 6.05. The molecule has 0 atom stereocenters. The van der Waals surface area contributed by atoms with Crippen LogP contribution in [-0.2, 0) is 11.3 Å². The number of pyridine rings is 1. The SMILES string of the molecule is COc1ccccc1CNC(=O)C1CCN(c2cc(C(=O)Nc3ccccc3OC)ccn2)CC1. The Kier molecular flexibility index (Phi) is 7.82. The number of carbonyl (C=O) groups excluding carboxylic acids is 2. The zero-order valence-electron chi connectivity index (χ0n) is 20.0. The molecule has 1 fully saturated rings. The smallest absolute Gasteiger partial charge is 0.255 e. The number of ether oxygens (including phenoxy) is 2. The van der Waals surface area contributed by atoms with E-state index in [0.29, 0.717) is 36.6 Å². The second-order valence-electron chi connectivity index (χ2n) is 8.35. The van der Waals surface area contributed by atoms with Gasteiger partial charge < -0.3 is 25.0 Å². The minimum Gasteiger partial charge on any atom is -0.496 e. The van der Waals surface area contributed by atoms with Crippen LogP contribution in [-0.4, -0.2) is 44.1 Å². The molecule has 3 aromatic rings. The van der Waals surface area contributed by atoms with E-state index in [0.717, 1.165) is 30.0 Å². The molecule has 2 heterocycles. The third-order valence-corrected chi connectivity index (χ3v) is 6.20. The first-order valence-corrected chi connectivity index (χ1v) is 11.6. The molecule has 1 aromatic heterocycles. The maximum atomic E-state index is 12.8. The predicted molar refractivity (Wildman–Crippen MR) is 135 cm³/mol. The Morgan fingerprint density at radius 2 is 1.66 bits per heavy atom. The van der Waals surface area contributed by atoms with E-state index in [1.54, 1.807) is 44.7 Å². The summed E-state index contributed by atoms with van der Waals surface area (Å²) in [6.45, 7) is 1.82. The minimum atomic E-state index is -0.233. The van der Waals surface area contributed by atoms with E-state index in [9.17, 15) is 9.59 Å². The van der Waals surface area contributed by atoms with E-state index in [1.165, 1.54) is 0 Å². The zero-order chi connectivity index (χ0) is 24.6. The van der Waals surface area contributed by atoms with Gasteiger partial charge in [-0.1, -0.05) is 30.3 Å². The summed E-state index contributed by atoms with van der Waals surface area (Å²) in [7, 11) is 3.19. The summed E-state index contributed by atoms with van der Waals surface area (Å²) >= 11 is 0. The third kappa shape index (κ3) is 5.90. The lowest BCUT2D eigenvalue weighted by molar-refractivity contribution is -0.125. The second-order valence-corrected chi connectivity index (χ2v) is 8.35. The number of benzene rings is 2. The molecule has 1 aliphatic rings. The number of nitrogens with zero attached hydrogens (tertiary/aromatic N) is 2. The van der Waals surface area contributed by atoms with Crippen LogP contribution in [0.2, 0.25) is 0 Å². The molecule has 0 aliphatic carbocycles. The highest BCUT2D eigenvalue weighted by atomic mass is 16.5. The molecule has 0 unspecified atom stereocenters. The van der Waals surface area contributed by atoms with Gasteiger partial charge in [-0.15, -0.1) is 0 Å². The Bertz CT molecular complexity index is 1180. The molecule has 0 radical (unpaired) electrons. The number of piperidine rings is 1. The molecule has 2 N–H and O–H groups in total. The van der Waals surface area contributed by atoms with Crippen molar-refractivity contribution in [2.24, 2.45) is 5.92 Å². The number of hydrogen-bond donors (Lipinski definition) is 2. The summed E-state index contributed by atoms with van der Waals surface area (Å²) in [5.41, 5.74) is 2.07. The summed E-state index contributed by atoms with van der Waals surface area (Å²) in [5, 5.41) is 5.93. The molecule has 182 valence electrons. The lowest BCUT2D eigenvalue weighted by Crippen LogP contribution is -2.40. The molecule has 0 spiro atoms.